The highest BCUT2D eigenvalue weighted by molar-refractivity contribution is 7.10. The Morgan fingerprint density at radius 2 is 1.83 bits per heavy atom. The summed E-state index contributed by atoms with van der Waals surface area (Å²) in [6.45, 7) is 8.08. The molecule has 0 saturated carbocycles. The fraction of sp³-hybridized carbons (Fsp3) is 0.417. The van der Waals surface area contributed by atoms with E-state index < -0.39 is 0 Å². The maximum Gasteiger partial charge on any atom is 0.227 e. The minimum atomic E-state index is 0.250. The van der Waals surface area contributed by atoms with Gasteiger partial charge >= 0.3 is 0 Å². The number of anilines is 1. The van der Waals surface area contributed by atoms with Crippen LogP contribution in [0.4, 0.5) is 5.69 Å². The lowest BCUT2D eigenvalue weighted by Gasteiger charge is -2.31. The molecule has 1 saturated heterocycles. The van der Waals surface area contributed by atoms with E-state index >= 15 is 0 Å². The molecule has 1 amide bonds. The Balaban J connectivity index is 1.35. The van der Waals surface area contributed by atoms with E-state index in [0.29, 0.717) is 12.3 Å². The second kappa shape index (κ2) is 9.75. The smallest absolute Gasteiger partial charge is 0.227 e. The lowest BCUT2D eigenvalue weighted by molar-refractivity contribution is -0.131. The number of benzene rings is 1. The summed E-state index contributed by atoms with van der Waals surface area (Å²) in [7, 11) is 0. The highest BCUT2D eigenvalue weighted by Gasteiger charge is 2.26. The topological polar surface area (TPSA) is 36.4 Å². The molecule has 1 aliphatic heterocycles. The number of carbonyl (C=O) groups excluding carboxylic acids is 1. The van der Waals surface area contributed by atoms with Gasteiger partial charge < -0.3 is 9.80 Å². The number of rotatable bonds is 7. The molecule has 0 unspecified atom stereocenters. The molecule has 0 spiro atoms. The molecule has 0 aliphatic carbocycles. The van der Waals surface area contributed by atoms with E-state index in [1.54, 1.807) is 22.7 Å². The van der Waals surface area contributed by atoms with Crippen molar-refractivity contribution < 1.29 is 4.79 Å². The molecule has 6 heteroatoms. The molecule has 3 aromatic rings. The van der Waals surface area contributed by atoms with Crippen molar-refractivity contribution in [3.8, 4) is 11.3 Å². The molecule has 2 aromatic heterocycles. The summed E-state index contributed by atoms with van der Waals surface area (Å²) in [5.41, 5.74) is 4.64. The van der Waals surface area contributed by atoms with Gasteiger partial charge in [-0.3, -0.25) is 4.79 Å². The van der Waals surface area contributed by atoms with Crippen LogP contribution in [0.3, 0.4) is 0 Å². The second-order valence-corrected chi connectivity index (χ2v) is 9.42. The first-order valence-corrected chi connectivity index (χ1v) is 12.6. The van der Waals surface area contributed by atoms with Crippen LogP contribution < -0.4 is 4.90 Å². The number of nitrogens with zero attached hydrogens (tertiary/aromatic N) is 3. The first kappa shape index (κ1) is 21.1. The van der Waals surface area contributed by atoms with Gasteiger partial charge in [0.15, 0.2) is 0 Å². The number of amides is 1. The van der Waals surface area contributed by atoms with Crippen LogP contribution >= 0.6 is 22.7 Å². The fourth-order valence-corrected chi connectivity index (χ4v) is 5.76. The predicted molar refractivity (Wildman–Crippen MR) is 128 cm³/mol. The number of hydrogen-bond acceptors (Lipinski definition) is 5. The molecular weight excluding hydrogens is 410 g/mol. The molecule has 0 N–H and O–H groups in total. The number of hydrogen-bond donors (Lipinski definition) is 0. The summed E-state index contributed by atoms with van der Waals surface area (Å²) < 4.78 is 0. The van der Waals surface area contributed by atoms with Gasteiger partial charge in [0.1, 0.15) is 0 Å². The largest absolute Gasteiger partial charge is 0.372 e. The van der Waals surface area contributed by atoms with Gasteiger partial charge in [0, 0.05) is 48.7 Å². The minimum Gasteiger partial charge on any atom is -0.372 e. The maximum atomic E-state index is 12.5. The van der Waals surface area contributed by atoms with Crippen molar-refractivity contribution in [3.63, 3.8) is 0 Å². The first-order chi connectivity index (χ1) is 14.7. The third-order valence-electron chi connectivity index (χ3n) is 5.95. The van der Waals surface area contributed by atoms with E-state index in [0.717, 1.165) is 50.3 Å². The zero-order chi connectivity index (χ0) is 20.9. The fourth-order valence-electron chi connectivity index (χ4n) is 4.09. The van der Waals surface area contributed by atoms with Gasteiger partial charge in [-0.1, -0.05) is 12.1 Å². The molecule has 1 aromatic carbocycles. The van der Waals surface area contributed by atoms with Crippen molar-refractivity contribution >= 4 is 34.3 Å². The Morgan fingerprint density at radius 3 is 2.47 bits per heavy atom. The molecule has 158 valence electrons. The van der Waals surface area contributed by atoms with Crippen LogP contribution in [0.2, 0.25) is 0 Å². The average Bonchev–Trinajstić information content (AvgIpc) is 3.48. The molecular formula is C24H29N3OS2. The predicted octanol–water partition coefficient (Wildman–Crippen LogP) is 5.67. The molecule has 30 heavy (non-hydrogen) atoms. The van der Waals surface area contributed by atoms with Crippen molar-refractivity contribution in [2.75, 3.05) is 31.1 Å². The van der Waals surface area contributed by atoms with Crippen molar-refractivity contribution in [3.05, 3.63) is 57.0 Å². The van der Waals surface area contributed by atoms with E-state index in [2.05, 4.69) is 53.8 Å². The number of piperidine rings is 1. The molecule has 4 rings (SSSR count). The summed E-state index contributed by atoms with van der Waals surface area (Å²) >= 11 is 3.41. The first-order valence-electron chi connectivity index (χ1n) is 10.8. The number of thiophene rings is 1. The molecule has 3 heterocycles. The normalized spacial score (nSPS) is 14.8. The number of aromatic nitrogens is 1. The number of likely N-dealkylation sites (tertiary alicyclic amines) is 1. The van der Waals surface area contributed by atoms with Crippen molar-refractivity contribution in [1.82, 2.24) is 9.88 Å². The van der Waals surface area contributed by atoms with Gasteiger partial charge in [0.25, 0.3) is 0 Å². The average molecular weight is 440 g/mol. The Labute approximate surface area is 187 Å². The van der Waals surface area contributed by atoms with E-state index in [9.17, 15) is 4.79 Å². The van der Waals surface area contributed by atoms with Gasteiger partial charge in [-0.2, -0.15) is 11.3 Å². The number of thiazole rings is 1. The van der Waals surface area contributed by atoms with E-state index in [-0.39, 0.29) is 5.91 Å². The van der Waals surface area contributed by atoms with Crippen molar-refractivity contribution in [2.45, 2.75) is 39.0 Å². The van der Waals surface area contributed by atoms with E-state index in [4.69, 9.17) is 4.98 Å². The molecule has 0 radical (unpaired) electrons. The molecule has 0 atom stereocenters. The van der Waals surface area contributed by atoms with Gasteiger partial charge in [-0.25, -0.2) is 4.98 Å². The minimum absolute atomic E-state index is 0.250. The Morgan fingerprint density at radius 1 is 1.10 bits per heavy atom. The summed E-state index contributed by atoms with van der Waals surface area (Å²) in [5.74, 6) is 0.712. The van der Waals surface area contributed by atoms with Crippen molar-refractivity contribution in [2.24, 2.45) is 0 Å². The Hall–Kier alpha value is -2.18. The zero-order valence-corrected chi connectivity index (χ0v) is 19.3. The molecule has 4 nitrogen and oxygen atoms in total. The van der Waals surface area contributed by atoms with Crippen LogP contribution in [0.5, 0.6) is 0 Å². The van der Waals surface area contributed by atoms with Crippen LogP contribution in [0.1, 0.15) is 43.2 Å². The quantitative estimate of drug-likeness (QED) is 0.476. The van der Waals surface area contributed by atoms with Crippen LogP contribution in [0.15, 0.2) is 46.5 Å². The molecule has 1 fully saturated rings. The summed E-state index contributed by atoms with van der Waals surface area (Å²) in [5, 5.41) is 7.49. The lowest BCUT2D eigenvalue weighted by Crippen LogP contribution is -2.38. The monoisotopic (exact) mass is 439 g/mol. The van der Waals surface area contributed by atoms with Crippen LogP contribution in [0, 0.1) is 0 Å². The van der Waals surface area contributed by atoms with Crippen LogP contribution in [-0.4, -0.2) is 42.0 Å². The number of carbonyl (C=O) groups is 1. The van der Waals surface area contributed by atoms with Crippen molar-refractivity contribution in [1.29, 1.82) is 0 Å². The summed E-state index contributed by atoms with van der Waals surface area (Å²) in [6.07, 6.45) is 2.53. The molecule has 1 aliphatic rings. The highest BCUT2D eigenvalue weighted by atomic mass is 32.1. The van der Waals surface area contributed by atoms with Crippen LogP contribution in [-0.2, 0) is 11.2 Å². The standard InChI is InChI=1S/C24H29N3OS2/c1-3-26(4-2)21-7-5-19(6-8-21)22-17-30-24(25-22)20-9-12-27(13-10-20)23(28)15-18-11-14-29-16-18/h5-8,11,14,16-17,20H,3-4,9-10,12-13,15H2,1-2H3. The second-order valence-electron chi connectivity index (χ2n) is 7.75. The van der Waals surface area contributed by atoms with E-state index in [1.807, 2.05) is 16.3 Å². The molecule has 0 bridgehead atoms. The van der Waals surface area contributed by atoms with E-state index in [1.165, 1.54) is 16.3 Å². The Kier molecular flexibility index (Phi) is 6.85. The SMILES string of the molecule is CCN(CC)c1ccc(-c2csc(C3CCN(C(=O)Cc4ccsc4)CC3)n2)cc1. The zero-order valence-electron chi connectivity index (χ0n) is 17.7. The van der Waals surface area contributed by atoms with Gasteiger partial charge in [0.05, 0.1) is 17.1 Å². The van der Waals surface area contributed by atoms with Gasteiger partial charge in [-0.15, -0.1) is 11.3 Å². The van der Waals surface area contributed by atoms with Crippen LogP contribution in [0.25, 0.3) is 11.3 Å². The maximum absolute atomic E-state index is 12.5. The van der Waals surface area contributed by atoms with Gasteiger partial charge in [-0.05, 0) is 61.2 Å². The summed E-state index contributed by atoms with van der Waals surface area (Å²) in [4.78, 5) is 21.9. The highest BCUT2D eigenvalue weighted by Crippen LogP contribution is 2.33. The summed E-state index contributed by atoms with van der Waals surface area (Å²) in [6, 6.07) is 10.8. The Bertz CT molecular complexity index is 937. The third-order valence-corrected chi connectivity index (χ3v) is 7.69. The van der Waals surface area contributed by atoms with Gasteiger partial charge in [0.2, 0.25) is 5.91 Å². The lowest BCUT2D eigenvalue weighted by atomic mass is 9.97. The third kappa shape index (κ3) is 4.76.